The summed E-state index contributed by atoms with van der Waals surface area (Å²) in [6.07, 6.45) is 5.08. The summed E-state index contributed by atoms with van der Waals surface area (Å²) in [5.41, 5.74) is 1.86. The minimum absolute atomic E-state index is 0.703. The van der Waals surface area contributed by atoms with Crippen molar-refractivity contribution in [3.05, 3.63) is 24.2 Å². The molecule has 0 bridgehead atoms. The highest BCUT2D eigenvalue weighted by atomic mass is 16.5. The maximum absolute atomic E-state index is 5.35. The number of hydrogen-bond acceptors (Lipinski definition) is 3. The SMILES string of the molecule is c1cnc2nc(CC3CCOCC3)[nH]c2c1. The van der Waals surface area contributed by atoms with E-state index in [4.69, 9.17) is 4.74 Å². The van der Waals surface area contributed by atoms with E-state index >= 15 is 0 Å². The molecule has 0 aliphatic carbocycles. The van der Waals surface area contributed by atoms with Gasteiger partial charge in [-0.2, -0.15) is 0 Å². The Balaban J connectivity index is 1.78. The van der Waals surface area contributed by atoms with Crippen molar-refractivity contribution in [1.82, 2.24) is 15.0 Å². The summed E-state index contributed by atoms with van der Waals surface area (Å²) in [4.78, 5) is 12.1. The number of fused-ring (bicyclic) bond motifs is 1. The van der Waals surface area contributed by atoms with Gasteiger partial charge in [0.1, 0.15) is 5.82 Å². The number of rotatable bonds is 2. The number of nitrogens with one attached hydrogen (secondary N) is 1. The van der Waals surface area contributed by atoms with Crippen LogP contribution in [0.1, 0.15) is 18.7 Å². The minimum atomic E-state index is 0.703. The Labute approximate surface area is 94.1 Å². The number of aromatic nitrogens is 3. The highest BCUT2D eigenvalue weighted by Gasteiger charge is 2.16. The molecule has 1 fully saturated rings. The molecule has 3 rings (SSSR count). The topological polar surface area (TPSA) is 50.8 Å². The third-order valence-electron chi connectivity index (χ3n) is 3.13. The van der Waals surface area contributed by atoms with Gasteiger partial charge in [0, 0.05) is 25.8 Å². The molecule has 2 aromatic rings. The average Bonchev–Trinajstić information content (AvgIpc) is 2.72. The predicted molar refractivity (Wildman–Crippen MR) is 61.1 cm³/mol. The molecule has 0 unspecified atom stereocenters. The third kappa shape index (κ3) is 1.93. The molecule has 1 N–H and O–H groups in total. The van der Waals surface area contributed by atoms with Crippen molar-refractivity contribution in [2.75, 3.05) is 13.2 Å². The molecule has 4 heteroatoms. The number of ether oxygens (including phenoxy) is 1. The molecular formula is C12H15N3O. The lowest BCUT2D eigenvalue weighted by Gasteiger charge is -2.20. The van der Waals surface area contributed by atoms with Crippen LogP contribution >= 0.6 is 0 Å². The standard InChI is InChI=1S/C12H15N3O/c1-2-10-12(13-5-1)15-11(14-10)8-9-3-6-16-7-4-9/h1-2,5,9H,3-4,6-8H2,(H,13,14,15). The molecule has 1 aliphatic heterocycles. The summed E-state index contributed by atoms with van der Waals surface area (Å²) < 4.78 is 5.35. The molecular weight excluding hydrogens is 202 g/mol. The summed E-state index contributed by atoms with van der Waals surface area (Å²) in [7, 11) is 0. The fraction of sp³-hybridized carbons (Fsp3) is 0.500. The molecule has 84 valence electrons. The second-order valence-electron chi connectivity index (χ2n) is 4.32. The van der Waals surface area contributed by atoms with Gasteiger partial charge in [-0.3, -0.25) is 0 Å². The number of aromatic amines is 1. The van der Waals surface area contributed by atoms with E-state index < -0.39 is 0 Å². The van der Waals surface area contributed by atoms with E-state index in [1.54, 1.807) is 6.20 Å². The smallest absolute Gasteiger partial charge is 0.177 e. The van der Waals surface area contributed by atoms with Crippen molar-refractivity contribution in [2.24, 2.45) is 5.92 Å². The summed E-state index contributed by atoms with van der Waals surface area (Å²) in [5, 5.41) is 0. The molecule has 0 spiro atoms. The van der Waals surface area contributed by atoms with Gasteiger partial charge in [0.25, 0.3) is 0 Å². The number of H-pyrrole nitrogens is 1. The van der Waals surface area contributed by atoms with Crippen molar-refractivity contribution >= 4 is 11.2 Å². The number of hydrogen-bond donors (Lipinski definition) is 1. The first-order valence-electron chi connectivity index (χ1n) is 5.79. The number of nitrogens with zero attached hydrogens (tertiary/aromatic N) is 2. The normalized spacial score (nSPS) is 18.0. The van der Waals surface area contributed by atoms with E-state index in [0.29, 0.717) is 5.92 Å². The van der Waals surface area contributed by atoms with E-state index in [2.05, 4.69) is 15.0 Å². The van der Waals surface area contributed by atoms with Crippen molar-refractivity contribution in [1.29, 1.82) is 0 Å². The van der Waals surface area contributed by atoms with Gasteiger partial charge in [0.2, 0.25) is 0 Å². The van der Waals surface area contributed by atoms with Crippen LogP contribution in [0.3, 0.4) is 0 Å². The second kappa shape index (κ2) is 4.22. The lowest BCUT2D eigenvalue weighted by molar-refractivity contribution is 0.0660. The molecule has 0 amide bonds. The fourth-order valence-corrected chi connectivity index (χ4v) is 2.22. The molecule has 0 atom stereocenters. The molecule has 3 heterocycles. The Morgan fingerprint density at radius 1 is 1.38 bits per heavy atom. The zero-order valence-electron chi connectivity index (χ0n) is 9.15. The van der Waals surface area contributed by atoms with Gasteiger partial charge in [-0.15, -0.1) is 0 Å². The monoisotopic (exact) mass is 217 g/mol. The summed E-state index contributed by atoms with van der Waals surface area (Å²) in [6.45, 7) is 1.78. The first kappa shape index (κ1) is 9.78. The summed E-state index contributed by atoms with van der Waals surface area (Å²) in [6, 6.07) is 3.95. The van der Waals surface area contributed by atoms with Gasteiger partial charge in [0.15, 0.2) is 5.65 Å². The van der Waals surface area contributed by atoms with Crippen molar-refractivity contribution in [3.8, 4) is 0 Å². The van der Waals surface area contributed by atoms with E-state index in [0.717, 1.165) is 49.5 Å². The molecule has 1 aliphatic rings. The average molecular weight is 217 g/mol. The Bertz CT molecular complexity index is 441. The Kier molecular flexibility index (Phi) is 2.58. The summed E-state index contributed by atoms with van der Waals surface area (Å²) >= 11 is 0. The van der Waals surface area contributed by atoms with Crippen LogP contribution in [0.4, 0.5) is 0 Å². The number of pyridine rings is 1. The van der Waals surface area contributed by atoms with Gasteiger partial charge >= 0.3 is 0 Å². The molecule has 16 heavy (non-hydrogen) atoms. The first-order valence-corrected chi connectivity index (χ1v) is 5.79. The lowest BCUT2D eigenvalue weighted by Crippen LogP contribution is -2.18. The van der Waals surface area contributed by atoms with Crippen molar-refractivity contribution in [2.45, 2.75) is 19.3 Å². The zero-order valence-corrected chi connectivity index (χ0v) is 9.15. The predicted octanol–water partition coefficient (Wildman–Crippen LogP) is 1.93. The molecule has 2 aromatic heterocycles. The number of imidazole rings is 1. The highest BCUT2D eigenvalue weighted by molar-refractivity contribution is 5.69. The van der Waals surface area contributed by atoms with Crippen LogP contribution in [0.25, 0.3) is 11.2 Å². The van der Waals surface area contributed by atoms with Crippen LogP contribution in [-0.4, -0.2) is 28.2 Å². The zero-order chi connectivity index (χ0) is 10.8. The lowest BCUT2D eigenvalue weighted by atomic mass is 9.96. The molecule has 0 saturated carbocycles. The van der Waals surface area contributed by atoms with E-state index in [1.807, 2.05) is 12.1 Å². The van der Waals surface area contributed by atoms with Gasteiger partial charge in [-0.05, 0) is 30.9 Å². The Morgan fingerprint density at radius 3 is 3.06 bits per heavy atom. The van der Waals surface area contributed by atoms with Crippen LogP contribution < -0.4 is 0 Å². The summed E-state index contributed by atoms with van der Waals surface area (Å²) in [5.74, 6) is 1.76. The maximum Gasteiger partial charge on any atom is 0.177 e. The van der Waals surface area contributed by atoms with Crippen LogP contribution in [0.15, 0.2) is 18.3 Å². The van der Waals surface area contributed by atoms with Gasteiger partial charge in [-0.1, -0.05) is 0 Å². The second-order valence-corrected chi connectivity index (χ2v) is 4.32. The Hall–Kier alpha value is -1.42. The molecule has 0 radical (unpaired) electrons. The highest BCUT2D eigenvalue weighted by Crippen LogP contribution is 2.19. The van der Waals surface area contributed by atoms with Crippen LogP contribution in [0.2, 0.25) is 0 Å². The minimum Gasteiger partial charge on any atom is -0.381 e. The molecule has 0 aromatic carbocycles. The molecule has 1 saturated heterocycles. The Morgan fingerprint density at radius 2 is 2.25 bits per heavy atom. The van der Waals surface area contributed by atoms with Crippen molar-refractivity contribution < 1.29 is 4.74 Å². The van der Waals surface area contributed by atoms with Gasteiger partial charge < -0.3 is 9.72 Å². The van der Waals surface area contributed by atoms with E-state index in [9.17, 15) is 0 Å². The van der Waals surface area contributed by atoms with Gasteiger partial charge in [-0.25, -0.2) is 9.97 Å². The largest absolute Gasteiger partial charge is 0.381 e. The third-order valence-corrected chi connectivity index (χ3v) is 3.13. The first-order chi connectivity index (χ1) is 7.92. The quantitative estimate of drug-likeness (QED) is 0.836. The van der Waals surface area contributed by atoms with Crippen molar-refractivity contribution in [3.63, 3.8) is 0 Å². The van der Waals surface area contributed by atoms with Crippen LogP contribution in [-0.2, 0) is 11.2 Å². The van der Waals surface area contributed by atoms with Crippen LogP contribution in [0, 0.1) is 5.92 Å². The molecule has 4 nitrogen and oxygen atoms in total. The van der Waals surface area contributed by atoms with E-state index in [-0.39, 0.29) is 0 Å². The van der Waals surface area contributed by atoms with Crippen LogP contribution in [0.5, 0.6) is 0 Å². The maximum atomic E-state index is 5.35. The van der Waals surface area contributed by atoms with E-state index in [1.165, 1.54) is 0 Å². The van der Waals surface area contributed by atoms with Gasteiger partial charge in [0.05, 0.1) is 5.52 Å². The fourth-order valence-electron chi connectivity index (χ4n) is 2.22.